The molecule has 0 aromatic carbocycles. The Hall–Kier alpha value is -0.680. The van der Waals surface area contributed by atoms with E-state index in [4.69, 9.17) is 18.0 Å². The van der Waals surface area contributed by atoms with Crippen molar-refractivity contribution in [2.45, 2.75) is 32.8 Å². The molecule has 0 aliphatic carbocycles. The van der Waals surface area contributed by atoms with Crippen molar-refractivity contribution < 1.29 is 9.90 Å². The summed E-state index contributed by atoms with van der Waals surface area (Å²) < 4.78 is 0. The number of carbonyl (C=O) groups is 1. The maximum atomic E-state index is 12.0. The summed E-state index contributed by atoms with van der Waals surface area (Å²) in [6.45, 7) is 6.08. The molecule has 1 heterocycles. The minimum Gasteiger partial charge on any atom is -0.392 e. The van der Waals surface area contributed by atoms with E-state index >= 15 is 0 Å². The maximum Gasteiger partial charge on any atom is 0.235 e. The first-order valence-corrected chi connectivity index (χ1v) is 5.39. The lowest BCUT2D eigenvalue weighted by Crippen LogP contribution is -2.47. The van der Waals surface area contributed by atoms with Crippen LogP contribution >= 0.6 is 12.2 Å². The van der Waals surface area contributed by atoms with Gasteiger partial charge in [0.25, 0.3) is 0 Å². The number of amides is 1. The van der Waals surface area contributed by atoms with Crippen molar-refractivity contribution in [2.75, 3.05) is 13.1 Å². The predicted molar refractivity (Wildman–Crippen MR) is 62.4 cm³/mol. The highest BCUT2D eigenvalue weighted by Crippen LogP contribution is 2.26. The average Bonchev–Trinajstić information content (AvgIpc) is 2.44. The Bertz CT molecular complexity index is 300. The van der Waals surface area contributed by atoms with Crippen LogP contribution in [0.3, 0.4) is 0 Å². The number of hydrogen-bond acceptors (Lipinski definition) is 3. The highest BCUT2D eigenvalue weighted by Gasteiger charge is 2.41. The van der Waals surface area contributed by atoms with Crippen LogP contribution in [0.2, 0.25) is 0 Å². The molecule has 1 fully saturated rings. The minimum absolute atomic E-state index is 0.104. The third kappa shape index (κ3) is 2.46. The third-order valence-corrected chi connectivity index (χ3v) is 3.40. The monoisotopic (exact) mass is 230 g/mol. The van der Waals surface area contributed by atoms with Crippen molar-refractivity contribution in [2.24, 2.45) is 11.1 Å². The molecule has 15 heavy (non-hydrogen) atoms. The molecule has 1 amide bonds. The number of hydrogen-bond donors (Lipinski definition) is 2. The Labute approximate surface area is 95.4 Å². The molecule has 1 atom stereocenters. The molecule has 0 saturated carbocycles. The fourth-order valence-electron chi connectivity index (χ4n) is 1.62. The van der Waals surface area contributed by atoms with E-state index in [2.05, 4.69) is 0 Å². The second-order valence-electron chi connectivity index (χ2n) is 4.96. The van der Waals surface area contributed by atoms with E-state index in [1.165, 1.54) is 0 Å². The SMILES string of the molecule is CC1(O)CCN(C(=O)C(C)(C)C(N)=S)C1. The molecule has 3 N–H and O–H groups in total. The van der Waals surface area contributed by atoms with Crippen molar-refractivity contribution in [1.29, 1.82) is 0 Å². The number of rotatable bonds is 2. The third-order valence-electron chi connectivity index (χ3n) is 2.89. The average molecular weight is 230 g/mol. The molecule has 0 aromatic heterocycles. The number of β-amino-alcohol motifs (C(OH)–C–C–N with tert-alkyl or cyclic N) is 1. The lowest BCUT2D eigenvalue weighted by atomic mass is 9.91. The fraction of sp³-hybridized carbons (Fsp3) is 0.800. The van der Waals surface area contributed by atoms with Crippen LogP contribution in [0.15, 0.2) is 0 Å². The van der Waals surface area contributed by atoms with Gasteiger partial charge in [-0.2, -0.15) is 0 Å². The summed E-state index contributed by atoms with van der Waals surface area (Å²) in [5, 5.41) is 9.76. The predicted octanol–water partition coefficient (Wildman–Crippen LogP) is 0.282. The van der Waals surface area contributed by atoms with Crippen LogP contribution in [0, 0.1) is 5.41 Å². The normalized spacial score (nSPS) is 26.8. The van der Waals surface area contributed by atoms with Crippen LogP contribution in [0.1, 0.15) is 27.2 Å². The number of thiocarbonyl (C=S) groups is 1. The summed E-state index contributed by atoms with van der Waals surface area (Å²) >= 11 is 4.87. The van der Waals surface area contributed by atoms with E-state index in [-0.39, 0.29) is 10.9 Å². The Morgan fingerprint density at radius 1 is 1.60 bits per heavy atom. The number of nitrogens with two attached hydrogens (primary N) is 1. The molecular weight excluding hydrogens is 212 g/mol. The van der Waals surface area contributed by atoms with Gasteiger partial charge in [-0.3, -0.25) is 4.79 Å². The first kappa shape index (κ1) is 12.4. The number of nitrogens with zero attached hydrogens (tertiary/aromatic N) is 1. The van der Waals surface area contributed by atoms with Gasteiger partial charge in [0.1, 0.15) is 0 Å². The van der Waals surface area contributed by atoms with Gasteiger partial charge in [0.05, 0.1) is 16.0 Å². The Kier molecular flexibility index (Phi) is 3.07. The second-order valence-corrected chi connectivity index (χ2v) is 5.40. The lowest BCUT2D eigenvalue weighted by Gasteiger charge is -2.28. The van der Waals surface area contributed by atoms with Gasteiger partial charge < -0.3 is 15.7 Å². The van der Waals surface area contributed by atoms with Gasteiger partial charge >= 0.3 is 0 Å². The fourth-order valence-corrected chi connectivity index (χ4v) is 1.71. The van der Waals surface area contributed by atoms with Crippen molar-refractivity contribution in [3.63, 3.8) is 0 Å². The molecule has 1 aliphatic heterocycles. The molecule has 86 valence electrons. The minimum atomic E-state index is -0.824. The van der Waals surface area contributed by atoms with E-state index in [1.54, 1.807) is 25.7 Å². The lowest BCUT2D eigenvalue weighted by molar-refractivity contribution is -0.136. The van der Waals surface area contributed by atoms with Gasteiger partial charge in [-0.05, 0) is 27.2 Å². The Morgan fingerprint density at radius 2 is 2.13 bits per heavy atom. The van der Waals surface area contributed by atoms with Crippen LogP contribution in [0.4, 0.5) is 0 Å². The van der Waals surface area contributed by atoms with E-state index in [0.29, 0.717) is 19.5 Å². The van der Waals surface area contributed by atoms with Gasteiger partial charge in [0.2, 0.25) is 5.91 Å². The summed E-state index contributed by atoms with van der Waals surface area (Å²) in [7, 11) is 0. The second kappa shape index (κ2) is 3.72. The molecule has 0 aromatic rings. The van der Waals surface area contributed by atoms with Gasteiger partial charge in [-0.15, -0.1) is 0 Å². The number of likely N-dealkylation sites (tertiary alicyclic amines) is 1. The molecule has 1 saturated heterocycles. The summed E-state index contributed by atoms with van der Waals surface area (Å²) in [5.74, 6) is -0.104. The maximum absolute atomic E-state index is 12.0. The van der Waals surface area contributed by atoms with Crippen LogP contribution < -0.4 is 5.73 Å². The van der Waals surface area contributed by atoms with E-state index in [9.17, 15) is 9.90 Å². The molecule has 0 radical (unpaired) electrons. The Morgan fingerprint density at radius 3 is 2.47 bits per heavy atom. The standard InChI is InChI=1S/C10H18N2O2S/c1-9(2,7(11)15)8(13)12-5-4-10(3,14)6-12/h14H,4-6H2,1-3H3,(H2,11,15). The Balaban J connectivity index is 2.75. The molecule has 0 bridgehead atoms. The molecule has 5 heteroatoms. The highest BCUT2D eigenvalue weighted by atomic mass is 32.1. The number of aliphatic hydroxyl groups is 1. The molecular formula is C10H18N2O2S. The van der Waals surface area contributed by atoms with E-state index in [0.717, 1.165) is 0 Å². The summed E-state index contributed by atoms with van der Waals surface area (Å²) in [4.78, 5) is 13.9. The van der Waals surface area contributed by atoms with Crippen molar-refractivity contribution in [3.8, 4) is 0 Å². The summed E-state index contributed by atoms with van der Waals surface area (Å²) in [6.07, 6.45) is 0.603. The molecule has 1 aliphatic rings. The van der Waals surface area contributed by atoms with Crippen LogP contribution in [0.25, 0.3) is 0 Å². The van der Waals surface area contributed by atoms with Gasteiger partial charge in [-0.1, -0.05) is 12.2 Å². The van der Waals surface area contributed by atoms with E-state index in [1.807, 2.05) is 0 Å². The molecule has 1 rings (SSSR count). The van der Waals surface area contributed by atoms with Crippen LogP contribution in [-0.2, 0) is 4.79 Å². The first-order valence-electron chi connectivity index (χ1n) is 4.98. The smallest absolute Gasteiger partial charge is 0.235 e. The van der Waals surface area contributed by atoms with Gasteiger partial charge in [0.15, 0.2) is 0 Å². The number of carbonyl (C=O) groups excluding carboxylic acids is 1. The summed E-state index contributed by atoms with van der Waals surface area (Å²) in [5.41, 5.74) is 3.93. The molecule has 1 unspecified atom stereocenters. The zero-order chi connectivity index (χ0) is 11.9. The van der Waals surface area contributed by atoms with Crippen molar-refractivity contribution in [1.82, 2.24) is 4.90 Å². The van der Waals surface area contributed by atoms with Crippen LogP contribution in [0.5, 0.6) is 0 Å². The van der Waals surface area contributed by atoms with Crippen LogP contribution in [-0.4, -0.2) is 39.6 Å². The quantitative estimate of drug-likeness (QED) is 0.669. The zero-order valence-corrected chi connectivity index (χ0v) is 10.2. The van der Waals surface area contributed by atoms with Gasteiger partial charge in [-0.25, -0.2) is 0 Å². The van der Waals surface area contributed by atoms with Crippen molar-refractivity contribution in [3.05, 3.63) is 0 Å². The van der Waals surface area contributed by atoms with E-state index < -0.39 is 11.0 Å². The first-order chi connectivity index (χ1) is 6.67. The molecule has 0 spiro atoms. The van der Waals surface area contributed by atoms with Crippen molar-refractivity contribution >= 4 is 23.1 Å². The summed E-state index contributed by atoms with van der Waals surface area (Å²) in [6, 6.07) is 0. The molecule has 4 nitrogen and oxygen atoms in total. The topological polar surface area (TPSA) is 66.6 Å². The van der Waals surface area contributed by atoms with Gasteiger partial charge in [0, 0.05) is 13.1 Å². The highest BCUT2D eigenvalue weighted by molar-refractivity contribution is 7.80. The zero-order valence-electron chi connectivity index (χ0n) is 9.41. The largest absolute Gasteiger partial charge is 0.392 e.